The average Bonchev–Trinajstić information content (AvgIpc) is 3.68. The molecule has 6 nitrogen and oxygen atoms in total. The maximum Gasteiger partial charge on any atom is 0.309 e. The fourth-order valence-corrected chi connectivity index (χ4v) is 5.05. The molecule has 0 spiro atoms. The molecular weight excluding hydrogens is 440 g/mol. The number of carboxylic acids is 1. The van der Waals surface area contributed by atoms with E-state index in [1.54, 1.807) is 13.8 Å². The molecule has 4 rings (SSSR count). The van der Waals surface area contributed by atoms with Gasteiger partial charge in [-0.25, -0.2) is 0 Å². The van der Waals surface area contributed by atoms with E-state index in [2.05, 4.69) is 0 Å². The molecular formula is C29H36N2O4. The molecule has 2 aromatic rings. The largest absolute Gasteiger partial charge is 0.481 e. The van der Waals surface area contributed by atoms with E-state index in [9.17, 15) is 19.5 Å². The summed E-state index contributed by atoms with van der Waals surface area (Å²) in [6.07, 6.45) is 3.93. The van der Waals surface area contributed by atoms with E-state index in [1.807, 2.05) is 72.2 Å². The van der Waals surface area contributed by atoms with Crippen LogP contribution in [-0.4, -0.2) is 46.4 Å². The van der Waals surface area contributed by atoms with Crippen molar-refractivity contribution < 1.29 is 19.5 Å². The van der Waals surface area contributed by atoms with Gasteiger partial charge in [-0.2, -0.15) is 0 Å². The van der Waals surface area contributed by atoms with Gasteiger partial charge in [0, 0.05) is 29.9 Å². The summed E-state index contributed by atoms with van der Waals surface area (Å²) in [5.41, 5.74) is 2.55. The molecule has 6 heteroatoms. The van der Waals surface area contributed by atoms with Gasteiger partial charge in [-0.05, 0) is 89.1 Å². The standard InChI is InChI=1S/C29H36N2O4/c1-5-30(22-14-15-22)27(33)24-18-19(2)31(25-9-7-6-8-23(24)25)26(32)21-12-10-20(11-13-21)16-17-29(3,4)28(34)35/h6-13,19,22,24H,5,14-18H2,1-4H3,(H,34,35)/t19-,24-/m0/s1. The monoisotopic (exact) mass is 476 g/mol. The van der Waals surface area contributed by atoms with Gasteiger partial charge in [0.15, 0.2) is 0 Å². The lowest BCUT2D eigenvalue weighted by atomic mass is 9.84. The summed E-state index contributed by atoms with van der Waals surface area (Å²) in [7, 11) is 0. The lowest BCUT2D eigenvalue weighted by Gasteiger charge is -2.40. The molecule has 2 atom stereocenters. The highest BCUT2D eigenvalue weighted by molar-refractivity contribution is 6.08. The van der Waals surface area contributed by atoms with Gasteiger partial charge >= 0.3 is 5.97 Å². The van der Waals surface area contributed by atoms with Crippen molar-refractivity contribution in [1.29, 1.82) is 0 Å². The lowest BCUT2D eigenvalue weighted by Crippen LogP contribution is -2.47. The van der Waals surface area contributed by atoms with E-state index < -0.39 is 11.4 Å². The first kappa shape index (κ1) is 25.0. The van der Waals surface area contributed by atoms with Gasteiger partial charge in [0.2, 0.25) is 5.91 Å². The van der Waals surface area contributed by atoms with Crippen molar-refractivity contribution in [2.45, 2.75) is 77.8 Å². The zero-order chi connectivity index (χ0) is 25.3. The van der Waals surface area contributed by atoms with Gasteiger partial charge in [-0.15, -0.1) is 0 Å². The molecule has 1 fully saturated rings. The zero-order valence-corrected chi connectivity index (χ0v) is 21.2. The van der Waals surface area contributed by atoms with Gasteiger partial charge in [0.1, 0.15) is 0 Å². The third-order valence-corrected chi connectivity index (χ3v) is 7.54. The predicted molar refractivity (Wildman–Crippen MR) is 137 cm³/mol. The van der Waals surface area contributed by atoms with Gasteiger partial charge in [0.25, 0.3) is 5.91 Å². The minimum atomic E-state index is -0.807. The summed E-state index contributed by atoms with van der Waals surface area (Å²) in [4.78, 5) is 42.3. The third kappa shape index (κ3) is 5.12. The van der Waals surface area contributed by atoms with E-state index in [0.717, 1.165) is 36.2 Å². The highest BCUT2D eigenvalue weighted by Gasteiger charge is 2.41. The third-order valence-electron chi connectivity index (χ3n) is 7.54. The number of nitrogens with zero attached hydrogens (tertiary/aromatic N) is 2. The minimum Gasteiger partial charge on any atom is -0.481 e. The van der Waals surface area contributed by atoms with Crippen molar-refractivity contribution >= 4 is 23.5 Å². The summed E-state index contributed by atoms with van der Waals surface area (Å²) < 4.78 is 0. The lowest BCUT2D eigenvalue weighted by molar-refractivity contribution is -0.147. The zero-order valence-electron chi connectivity index (χ0n) is 21.2. The second kappa shape index (κ2) is 9.84. The first-order valence-corrected chi connectivity index (χ1v) is 12.7. The van der Waals surface area contributed by atoms with Crippen LogP contribution in [0.4, 0.5) is 5.69 Å². The number of fused-ring (bicyclic) bond motifs is 1. The molecule has 0 unspecified atom stereocenters. The van der Waals surface area contributed by atoms with Crippen LogP contribution in [0.15, 0.2) is 48.5 Å². The first-order chi connectivity index (χ1) is 16.6. The summed E-state index contributed by atoms with van der Waals surface area (Å²) in [5.74, 6) is -0.943. The van der Waals surface area contributed by atoms with Crippen LogP contribution in [-0.2, 0) is 16.0 Å². The number of likely N-dealkylation sites (N-methyl/N-ethyl adjacent to an activating group) is 1. The Morgan fingerprint density at radius 2 is 1.71 bits per heavy atom. The second-order valence-electron chi connectivity index (χ2n) is 10.6. The second-order valence-corrected chi connectivity index (χ2v) is 10.6. The number of para-hydroxylation sites is 1. The molecule has 0 radical (unpaired) electrons. The number of hydrogen-bond donors (Lipinski definition) is 1. The Morgan fingerprint density at radius 1 is 1.06 bits per heavy atom. The fourth-order valence-electron chi connectivity index (χ4n) is 5.05. The number of hydrogen-bond acceptors (Lipinski definition) is 3. The van der Waals surface area contributed by atoms with Crippen molar-refractivity contribution in [3.63, 3.8) is 0 Å². The molecule has 35 heavy (non-hydrogen) atoms. The van der Waals surface area contributed by atoms with Gasteiger partial charge in [-0.1, -0.05) is 30.3 Å². The van der Waals surface area contributed by atoms with E-state index in [0.29, 0.717) is 30.9 Å². The van der Waals surface area contributed by atoms with Crippen LogP contribution in [0.5, 0.6) is 0 Å². The van der Waals surface area contributed by atoms with E-state index in [-0.39, 0.29) is 23.8 Å². The molecule has 1 heterocycles. The Kier molecular flexibility index (Phi) is 7.02. The Labute approximate surface area is 207 Å². The molecule has 0 aromatic heterocycles. The number of benzene rings is 2. The number of aryl methyl sites for hydroxylation is 1. The maximum atomic E-state index is 13.6. The van der Waals surface area contributed by atoms with E-state index in [1.165, 1.54) is 0 Å². The molecule has 2 amide bonds. The van der Waals surface area contributed by atoms with Crippen molar-refractivity contribution in [1.82, 2.24) is 4.90 Å². The van der Waals surface area contributed by atoms with Crippen LogP contribution < -0.4 is 4.90 Å². The van der Waals surface area contributed by atoms with Crippen molar-refractivity contribution in [2.75, 3.05) is 11.4 Å². The van der Waals surface area contributed by atoms with Crippen molar-refractivity contribution in [2.24, 2.45) is 5.41 Å². The smallest absolute Gasteiger partial charge is 0.309 e. The van der Waals surface area contributed by atoms with E-state index >= 15 is 0 Å². The SMILES string of the molecule is CCN(C(=O)[C@H]1C[C@H](C)N(C(=O)c2ccc(CCC(C)(C)C(=O)O)cc2)c2ccccc21)C1CC1. The number of carbonyl (C=O) groups excluding carboxylic acids is 2. The number of anilines is 1. The highest BCUT2D eigenvalue weighted by atomic mass is 16.4. The predicted octanol–water partition coefficient (Wildman–Crippen LogP) is 5.26. The number of amides is 2. The number of aliphatic carboxylic acids is 1. The molecule has 1 saturated carbocycles. The summed E-state index contributed by atoms with van der Waals surface area (Å²) >= 11 is 0. The quantitative estimate of drug-likeness (QED) is 0.563. The Morgan fingerprint density at radius 3 is 2.31 bits per heavy atom. The maximum absolute atomic E-state index is 13.6. The summed E-state index contributed by atoms with van der Waals surface area (Å²) in [6, 6.07) is 15.5. The normalized spacial score (nSPS) is 19.7. The Bertz CT molecular complexity index is 1100. The van der Waals surface area contributed by atoms with Crippen molar-refractivity contribution in [3.05, 3.63) is 65.2 Å². The van der Waals surface area contributed by atoms with E-state index in [4.69, 9.17) is 0 Å². The molecule has 186 valence electrons. The Hall–Kier alpha value is -3.15. The summed E-state index contributed by atoms with van der Waals surface area (Å²) in [5, 5.41) is 9.34. The number of carboxylic acid groups (broad SMARTS) is 1. The molecule has 1 aliphatic heterocycles. The fraction of sp³-hybridized carbons (Fsp3) is 0.483. The molecule has 1 N–H and O–H groups in total. The van der Waals surface area contributed by atoms with Crippen LogP contribution in [0.1, 0.15) is 80.8 Å². The first-order valence-electron chi connectivity index (χ1n) is 12.7. The van der Waals surface area contributed by atoms with Crippen LogP contribution in [0.25, 0.3) is 0 Å². The molecule has 0 bridgehead atoms. The number of rotatable bonds is 8. The van der Waals surface area contributed by atoms with Gasteiger partial charge < -0.3 is 14.9 Å². The Balaban J connectivity index is 1.54. The van der Waals surface area contributed by atoms with Gasteiger partial charge in [-0.3, -0.25) is 14.4 Å². The topological polar surface area (TPSA) is 77.9 Å². The summed E-state index contributed by atoms with van der Waals surface area (Å²) in [6.45, 7) is 8.23. The van der Waals surface area contributed by atoms with Crippen LogP contribution >= 0.6 is 0 Å². The van der Waals surface area contributed by atoms with Crippen molar-refractivity contribution in [3.8, 4) is 0 Å². The highest BCUT2D eigenvalue weighted by Crippen LogP contribution is 2.41. The molecule has 2 aliphatic rings. The molecule has 2 aromatic carbocycles. The molecule has 1 aliphatic carbocycles. The minimum absolute atomic E-state index is 0.0807. The van der Waals surface area contributed by atoms with Crippen LogP contribution in [0.3, 0.4) is 0 Å². The average molecular weight is 477 g/mol. The van der Waals surface area contributed by atoms with Crippen LogP contribution in [0.2, 0.25) is 0 Å². The van der Waals surface area contributed by atoms with Crippen LogP contribution in [0, 0.1) is 5.41 Å². The number of carbonyl (C=O) groups is 3. The molecule has 0 saturated heterocycles. The van der Waals surface area contributed by atoms with Gasteiger partial charge in [0.05, 0.1) is 11.3 Å².